The van der Waals surface area contributed by atoms with Gasteiger partial charge in [0.1, 0.15) is 11.6 Å². The number of rotatable bonds is 5. The van der Waals surface area contributed by atoms with Gasteiger partial charge in [-0.2, -0.15) is 5.10 Å². The van der Waals surface area contributed by atoms with Crippen molar-refractivity contribution in [3.05, 3.63) is 100 Å². The first-order valence-electron chi connectivity index (χ1n) is 9.39. The summed E-state index contributed by atoms with van der Waals surface area (Å²) in [6.45, 7) is 0. The molecule has 4 aromatic rings. The molecule has 154 valence electrons. The predicted octanol–water partition coefficient (Wildman–Crippen LogP) is 2.92. The molecule has 0 saturated heterocycles. The van der Waals surface area contributed by atoms with Crippen LogP contribution in [0, 0.1) is 5.82 Å². The standard InChI is InChI=1S/C23H17FN4O3/c24-16-10-8-15(9-11-16)13-21(29)27-26-14-19-17-5-1-2-6-18(17)22(30)28(23(19)31)20-7-3-4-12-25-20/h1-12,14,31H,13H2,(H,27,29)/b26-14+. The summed E-state index contributed by atoms with van der Waals surface area (Å²) in [5.41, 5.74) is 2.84. The fourth-order valence-corrected chi connectivity index (χ4v) is 3.18. The van der Waals surface area contributed by atoms with Crippen LogP contribution in [0.2, 0.25) is 0 Å². The van der Waals surface area contributed by atoms with Gasteiger partial charge in [0.15, 0.2) is 0 Å². The number of carbonyl (C=O) groups excluding carboxylic acids is 1. The first-order valence-corrected chi connectivity index (χ1v) is 9.39. The number of hydrogen-bond acceptors (Lipinski definition) is 5. The lowest BCUT2D eigenvalue weighted by Gasteiger charge is -2.12. The second kappa shape index (κ2) is 8.58. The van der Waals surface area contributed by atoms with Gasteiger partial charge < -0.3 is 5.11 Å². The van der Waals surface area contributed by atoms with E-state index >= 15 is 0 Å². The minimum Gasteiger partial charge on any atom is -0.494 e. The van der Waals surface area contributed by atoms with E-state index in [2.05, 4.69) is 15.5 Å². The molecule has 7 nitrogen and oxygen atoms in total. The topological polar surface area (TPSA) is 96.6 Å². The lowest BCUT2D eigenvalue weighted by atomic mass is 10.1. The van der Waals surface area contributed by atoms with Gasteiger partial charge in [-0.15, -0.1) is 0 Å². The number of amides is 1. The van der Waals surface area contributed by atoms with Crippen LogP contribution in [0.1, 0.15) is 11.1 Å². The molecule has 2 heterocycles. The Labute approximate surface area is 176 Å². The third-order valence-electron chi connectivity index (χ3n) is 4.64. The van der Waals surface area contributed by atoms with Crippen molar-refractivity contribution in [3.63, 3.8) is 0 Å². The first kappa shape index (κ1) is 20.0. The highest BCUT2D eigenvalue weighted by Gasteiger charge is 2.16. The molecule has 0 aliphatic carbocycles. The molecule has 0 fully saturated rings. The van der Waals surface area contributed by atoms with E-state index in [-0.39, 0.29) is 29.5 Å². The number of aromatic nitrogens is 2. The number of carbonyl (C=O) groups is 1. The summed E-state index contributed by atoms with van der Waals surface area (Å²) in [6, 6.07) is 17.3. The number of nitrogens with one attached hydrogen (secondary N) is 1. The Kier molecular flexibility index (Phi) is 5.53. The summed E-state index contributed by atoms with van der Waals surface area (Å²) in [6.07, 6.45) is 2.80. The van der Waals surface area contributed by atoms with E-state index < -0.39 is 11.5 Å². The smallest absolute Gasteiger partial charge is 0.267 e. The molecule has 0 saturated carbocycles. The zero-order valence-corrected chi connectivity index (χ0v) is 16.2. The maximum absolute atomic E-state index is 13.0. The van der Waals surface area contributed by atoms with Crippen molar-refractivity contribution in [2.75, 3.05) is 0 Å². The van der Waals surface area contributed by atoms with Crippen LogP contribution >= 0.6 is 0 Å². The van der Waals surface area contributed by atoms with E-state index in [1.807, 2.05) is 0 Å². The Hall–Kier alpha value is -4.33. The average molecular weight is 416 g/mol. The molecular formula is C23H17FN4O3. The summed E-state index contributed by atoms with van der Waals surface area (Å²) >= 11 is 0. The second-order valence-corrected chi connectivity index (χ2v) is 6.71. The van der Waals surface area contributed by atoms with Gasteiger partial charge in [-0.3, -0.25) is 9.59 Å². The number of hydrogen-bond donors (Lipinski definition) is 2. The molecule has 8 heteroatoms. The zero-order valence-electron chi connectivity index (χ0n) is 16.2. The second-order valence-electron chi connectivity index (χ2n) is 6.71. The van der Waals surface area contributed by atoms with Crippen LogP contribution in [0.15, 0.2) is 82.8 Å². The van der Waals surface area contributed by atoms with Crippen molar-refractivity contribution in [1.82, 2.24) is 15.0 Å². The number of fused-ring (bicyclic) bond motifs is 1. The molecule has 0 aliphatic heterocycles. The van der Waals surface area contributed by atoms with Crippen LogP contribution < -0.4 is 11.0 Å². The lowest BCUT2D eigenvalue weighted by molar-refractivity contribution is -0.120. The van der Waals surface area contributed by atoms with E-state index in [4.69, 9.17) is 0 Å². The van der Waals surface area contributed by atoms with Gasteiger partial charge in [0.25, 0.3) is 5.56 Å². The summed E-state index contributed by atoms with van der Waals surface area (Å²) < 4.78 is 14.1. The van der Waals surface area contributed by atoms with Crippen LogP contribution in [0.4, 0.5) is 4.39 Å². The van der Waals surface area contributed by atoms with E-state index in [0.717, 1.165) is 4.57 Å². The van der Waals surface area contributed by atoms with E-state index in [9.17, 15) is 19.1 Å². The maximum Gasteiger partial charge on any atom is 0.267 e. The highest BCUT2D eigenvalue weighted by Crippen LogP contribution is 2.25. The Bertz CT molecular complexity index is 1330. The minimum atomic E-state index is -0.427. The van der Waals surface area contributed by atoms with Gasteiger partial charge in [0, 0.05) is 17.0 Å². The summed E-state index contributed by atoms with van der Waals surface area (Å²) in [5.74, 6) is -0.887. The SMILES string of the molecule is O=C(Cc1ccc(F)cc1)N/N=C/c1c(O)n(-c2ccccn2)c(=O)c2ccccc12. The van der Waals surface area contributed by atoms with Crippen LogP contribution in [-0.2, 0) is 11.2 Å². The molecule has 0 aliphatic rings. The number of hydrazone groups is 1. The lowest BCUT2D eigenvalue weighted by Crippen LogP contribution is -2.22. The molecule has 4 rings (SSSR count). The maximum atomic E-state index is 13.0. The number of aromatic hydroxyl groups is 1. The number of pyridine rings is 2. The highest BCUT2D eigenvalue weighted by atomic mass is 19.1. The summed E-state index contributed by atoms with van der Waals surface area (Å²) in [4.78, 5) is 29.2. The van der Waals surface area contributed by atoms with Crippen LogP contribution in [0.25, 0.3) is 16.6 Å². The van der Waals surface area contributed by atoms with Crippen molar-refractivity contribution in [2.45, 2.75) is 6.42 Å². The van der Waals surface area contributed by atoms with Crippen molar-refractivity contribution in [2.24, 2.45) is 5.10 Å². The van der Waals surface area contributed by atoms with Crippen LogP contribution in [-0.4, -0.2) is 26.8 Å². The third-order valence-corrected chi connectivity index (χ3v) is 4.64. The van der Waals surface area contributed by atoms with E-state index in [1.165, 1.54) is 36.7 Å². The Morgan fingerprint density at radius 2 is 1.77 bits per heavy atom. The van der Waals surface area contributed by atoms with E-state index in [0.29, 0.717) is 16.3 Å². The Balaban J connectivity index is 1.67. The molecule has 1 amide bonds. The molecule has 0 bridgehead atoms. The molecule has 0 radical (unpaired) electrons. The molecular weight excluding hydrogens is 399 g/mol. The average Bonchev–Trinajstić information content (AvgIpc) is 2.78. The van der Waals surface area contributed by atoms with Crippen molar-refractivity contribution < 1.29 is 14.3 Å². The van der Waals surface area contributed by atoms with Crippen LogP contribution in [0.3, 0.4) is 0 Å². The molecule has 2 aromatic carbocycles. The third kappa shape index (κ3) is 4.18. The van der Waals surface area contributed by atoms with Gasteiger partial charge in [-0.1, -0.05) is 36.4 Å². The Morgan fingerprint density at radius 3 is 2.48 bits per heavy atom. The van der Waals surface area contributed by atoms with Crippen LogP contribution in [0.5, 0.6) is 5.88 Å². The molecule has 0 atom stereocenters. The quantitative estimate of drug-likeness (QED) is 0.386. The largest absolute Gasteiger partial charge is 0.494 e. The van der Waals surface area contributed by atoms with Gasteiger partial charge in [0.2, 0.25) is 11.8 Å². The fourth-order valence-electron chi connectivity index (χ4n) is 3.18. The van der Waals surface area contributed by atoms with Gasteiger partial charge in [0.05, 0.1) is 18.2 Å². The molecule has 2 aromatic heterocycles. The minimum absolute atomic E-state index is 0.0117. The number of nitrogens with zero attached hydrogens (tertiary/aromatic N) is 3. The van der Waals surface area contributed by atoms with Crippen molar-refractivity contribution >= 4 is 22.9 Å². The molecule has 0 spiro atoms. The van der Waals surface area contributed by atoms with Gasteiger partial charge in [-0.05, 0) is 35.9 Å². The van der Waals surface area contributed by atoms with E-state index in [1.54, 1.807) is 42.5 Å². The monoisotopic (exact) mass is 416 g/mol. The van der Waals surface area contributed by atoms with Crippen molar-refractivity contribution in [1.29, 1.82) is 0 Å². The van der Waals surface area contributed by atoms with Gasteiger partial charge >= 0.3 is 0 Å². The Morgan fingerprint density at radius 1 is 1.06 bits per heavy atom. The zero-order chi connectivity index (χ0) is 21.8. The van der Waals surface area contributed by atoms with Crippen molar-refractivity contribution in [3.8, 4) is 11.7 Å². The highest BCUT2D eigenvalue weighted by molar-refractivity contribution is 6.02. The molecule has 2 N–H and O–H groups in total. The number of benzene rings is 2. The molecule has 0 unspecified atom stereocenters. The number of halogens is 1. The summed E-state index contributed by atoms with van der Waals surface area (Å²) in [7, 11) is 0. The van der Waals surface area contributed by atoms with Gasteiger partial charge in [-0.25, -0.2) is 19.4 Å². The fraction of sp³-hybridized carbons (Fsp3) is 0.0435. The first-order chi connectivity index (χ1) is 15.0. The summed E-state index contributed by atoms with van der Waals surface area (Å²) in [5, 5.41) is 15.6. The normalized spacial score (nSPS) is 11.1. The molecule has 31 heavy (non-hydrogen) atoms. The predicted molar refractivity (Wildman–Crippen MR) is 115 cm³/mol.